The number of phenolic OH excluding ortho intramolecular Hbond substituents is 1. The third kappa shape index (κ3) is 4.69. The summed E-state index contributed by atoms with van der Waals surface area (Å²) >= 11 is 6.23. The summed E-state index contributed by atoms with van der Waals surface area (Å²) in [4.78, 5) is 19.0. The molecule has 1 amide bonds. The Balaban J connectivity index is 1.66. The van der Waals surface area contributed by atoms with E-state index >= 15 is 0 Å². The molecule has 0 aliphatic carbocycles. The van der Waals surface area contributed by atoms with Crippen LogP contribution in [0.15, 0.2) is 47.5 Å². The highest BCUT2D eigenvalue weighted by atomic mass is 35.5. The van der Waals surface area contributed by atoms with E-state index in [1.54, 1.807) is 37.1 Å². The van der Waals surface area contributed by atoms with Gasteiger partial charge in [0.15, 0.2) is 0 Å². The third-order valence-electron chi connectivity index (χ3n) is 6.09. The van der Waals surface area contributed by atoms with Crippen molar-refractivity contribution in [3.63, 3.8) is 0 Å². The van der Waals surface area contributed by atoms with Crippen molar-refractivity contribution in [1.29, 1.82) is 0 Å². The van der Waals surface area contributed by atoms with Crippen molar-refractivity contribution in [3.8, 4) is 11.5 Å². The number of aromatic hydroxyl groups is 1. The zero-order chi connectivity index (χ0) is 22.7. The van der Waals surface area contributed by atoms with E-state index in [1.807, 2.05) is 24.3 Å². The minimum atomic E-state index is -0.546. The number of methoxy groups -OCH3 is 1. The summed E-state index contributed by atoms with van der Waals surface area (Å²) in [6.45, 7) is 3.24. The van der Waals surface area contributed by atoms with Gasteiger partial charge in [0.1, 0.15) is 17.2 Å². The van der Waals surface area contributed by atoms with Crippen LogP contribution in [-0.2, 0) is 4.74 Å². The number of carbonyl (C=O) groups is 1. The van der Waals surface area contributed by atoms with E-state index in [2.05, 4.69) is 5.32 Å². The van der Waals surface area contributed by atoms with Crippen LogP contribution in [0.25, 0.3) is 0 Å². The number of halogens is 1. The number of phenols is 1. The average molecular weight is 458 g/mol. The van der Waals surface area contributed by atoms with E-state index in [0.29, 0.717) is 49.5 Å². The van der Waals surface area contributed by atoms with Crippen molar-refractivity contribution in [2.75, 3.05) is 26.8 Å². The average Bonchev–Trinajstić information content (AvgIpc) is 2.81. The molecule has 170 valence electrons. The lowest BCUT2D eigenvalue weighted by atomic mass is 9.87. The summed E-state index contributed by atoms with van der Waals surface area (Å²) in [5.41, 5.74) is 2.00. The topological polar surface area (TPSA) is 83.4 Å². The van der Waals surface area contributed by atoms with Gasteiger partial charge in [-0.2, -0.15) is 0 Å². The van der Waals surface area contributed by atoms with Crippen molar-refractivity contribution in [3.05, 3.63) is 58.6 Å². The van der Waals surface area contributed by atoms with Crippen molar-refractivity contribution in [2.24, 2.45) is 4.99 Å². The Labute approximate surface area is 193 Å². The van der Waals surface area contributed by atoms with E-state index in [1.165, 1.54) is 0 Å². The van der Waals surface area contributed by atoms with Crippen LogP contribution in [0.1, 0.15) is 43.4 Å². The Hall–Kier alpha value is -2.77. The molecule has 2 aromatic carbocycles. The number of rotatable bonds is 4. The molecule has 8 heteroatoms. The quantitative estimate of drug-likeness (QED) is 0.704. The van der Waals surface area contributed by atoms with Gasteiger partial charge in [0.2, 0.25) is 0 Å². The van der Waals surface area contributed by atoms with Gasteiger partial charge in [-0.15, -0.1) is 0 Å². The Morgan fingerprint density at radius 3 is 2.62 bits per heavy atom. The molecule has 2 aliphatic rings. The number of ether oxygens (including phenoxy) is 2. The van der Waals surface area contributed by atoms with Crippen LogP contribution in [0.5, 0.6) is 11.5 Å². The zero-order valence-electron chi connectivity index (χ0n) is 18.3. The summed E-state index contributed by atoms with van der Waals surface area (Å²) in [5.74, 6) is 0.950. The molecule has 0 aromatic heterocycles. The fourth-order valence-electron chi connectivity index (χ4n) is 4.38. The molecule has 2 aliphatic heterocycles. The van der Waals surface area contributed by atoms with Crippen LogP contribution in [-0.4, -0.2) is 54.3 Å². The molecule has 32 heavy (non-hydrogen) atoms. The van der Waals surface area contributed by atoms with Gasteiger partial charge in [0.25, 0.3) is 0 Å². The smallest absolute Gasteiger partial charge is 0.409 e. The van der Waals surface area contributed by atoms with Gasteiger partial charge >= 0.3 is 6.09 Å². The van der Waals surface area contributed by atoms with E-state index < -0.39 is 5.66 Å². The molecule has 0 radical (unpaired) electrons. The standard InChI is InChI=1S/C24H28ClN3O4/c1-3-32-23(30)28-12-10-24(11-13-28)26-20(16-4-7-18(31-2)8-5-16)15-21(27-24)19-14-17(25)6-9-22(19)29/h4-9,14,20,26,29H,3,10-13,15H2,1-2H3/t20-/m0/s1. The Kier molecular flexibility index (Phi) is 6.58. The third-order valence-corrected chi connectivity index (χ3v) is 6.33. The number of piperidine rings is 1. The molecule has 4 rings (SSSR count). The first-order chi connectivity index (χ1) is 15.4. The van der Waals surface area contributed by atoms with E-state index in [9.17, 15) is 9.90 Å². The number of benzene rings is 2. The van der Waals surface area contributed by atoms with E-state index in [4.69, 9.17) is 26.1 Å². The molecule has 2 aromatic rings. The Bertz CT molecular complexity index is 1000. The maximum atomic E-state index is 12.2. The van der Waals surface area contributed by atoms with E-state index in [-0.39, 0.29) is 17.9 Å². The molecule has 0 saturated carbocycles. The lowest BCUT2D eigenvalue weighted by Crippen LogP contribution is -2.56. The number of likely N-dealkylation sites (tertiary alicyclic amines) is 1. The minimum Gasteiger partial charge on any atom is -0.507 e. The van der Waals surface area contributed by atoms with Gasteiger partial charge in [-0.1, -0.05) is 23.7 Å². The van der Waals surface area contributed by atoms with Gasteiger partial charge in [0.05, 0.1) is 13.7 Å². The van der Waals surface area contributed by atoms with Crippen LogP contribution in [0, 0.1) is 0 Å². The predicted octanol–water partition coefficient (Wildman–Crippen LogP) is 4.53. The van der Waals surface area contributed by atoms with Crippen molar-refractivity contribution < 1.29 is 19.4 Å². The number of nitrogens with zero attached hydrogens (tertiary/aromatic N) is 2. The number of aliphatic imine (C=N–C) groups is 1. The van der Waals surface area contributed by atoms with Crippen LogP contribution in [0.3, 0.4) is 0 Å². The number of hydrogen-bond acceptors (Lipinski definition) is 6. The maximum Gasteiger partial charge on any atom is 0.409 e. The molecule has 1 fully saturated rings. The first-order valence-corrected chi connectivity index (χ1v) is 11.2. The van der Waals surface area contributed by atoms with Gasteiger partial charge in [0, 0.05) is 54.7 Å². The molecular weight excluding hydrogens is 430 g/mol. The van der Waals surface area contributed by atoms with Crippen molar-refractivity contribution >= 4 is 23.4 Å². The van der Waals surface area contributed by atoms with Crippen molar-refractivity contribution in [1.82, 2.24) is 10.2 Å². The summed E-state index contributed by atoms with van der Waals surface area (Å²) in [6, 6.07) is 13.0. The highest BCUT2D eigenvalue weighted by Gasteiger charge is 2.41. The zero-order valence-corrected chi connectivity index (χ0v) is 19.1. The van der Waals surface area contributed by atoms with Gasteiger partial charge < -0.3 is 19.5 Å². The second kappa shape index (κ2) is 9.38. The molecule has 7 nitrogen and oxygen atoms in total. The number of carbonyl (C=O) groups excluding carboxylic acids is 1. The van der Waals surface area contributed by atoms with Crippen LogP contribution in [0.4, 0.5) is 4.79 Å². The summed E-state index contributed by atoms with van der Waals surface area (Å²) in [6.07, 6.45) is 1.59. The number of hydrogen-bond donors (Lipinski definition) is 2. The molecular formula is C24H28ClN3O4. The van der Waals surface area contributed by atoms with Crippen LogP contribution in [0.2, 0.25) is 5.02 Å². The van der Waals surface area contributed by atoms with E-state index in [0.717, 1.165) is 17.0 Å². The summed E-state index contributed by atoms with van der Waals surface area (Å²) in [7, 11) is 1.65. The van der Waals surface area contributed by atoms with Gasteiger partial charge in [-0.3, -0.25) is 10.3 Å². The first-order valence-electron chi connectivity index (χ1n) is 10.8. The lowest BCUT2D eigenvalue weighted by molar-refractivity contribution is 0.0779. The minimum absolute atomic E-state index is 0.0130. The predicted molar refractivity (Wildman–Crippen MR) is 124 cm³/mol. The fraction of sp³-hybridized carbons (Fsp3) is 0.417. The second-order valence-electron chi connectivity index (χ2n) is 8.11. The first kappa shape index (κ1) is 22.4. The fourth-order valence-corrected chi connectivity index (χ4v) is 4.55. The number of nitrogens with one attached hydrogen (secondary N) is 1. The lowest BCUT2D eigenvalue weighted by Gasteiger charge is -2.45. The molecule has 1 atom stereocenters. The van der Waals surface area contributed by atoms with Crippen molar-refractivity contribution in [2.45, 2.75) is 37.9 Å². The Morgan fingerprint density at radius 1 is 1.25 bits per heavy atom. The molecule has 1 spiro atoms. The monoisotopic (exact) mass is 457 g/mol. The largest absolute Gasteiger partial charge is 0.507 e. The normalized spacial score (nSPS) is 20.0. The highest BCUT2D eigenvalue weighted by molar-refractivity contribution is 6.31. The molecule has 0 unspecified atom stereocenters. The highest BCUT2D eigenvalue weighted by Crippen LogP contribution is 2.37. The second-order valence-corrected chi connectivity index (χ2v) is 8.55. The summed E-state index contributed by atoms with van der Waals surface area (Å²) < 4.78 is 10.5. The molecule has 2 N–H and O–H groups in total. The number of amides is 1. The molecule has 1 saturated heterocycles. The van der Waals surface area contributed by atoms with Crippen LogP contribution < -0.4 is 10.1 Å². The molecule has 0 bridgehead atoms. The van der Waals surface area contributed by atoms with Gasteiger partial charge in [-0.05, 0) is 42.8 Å². The Morgan fingerprint density at radius 2 is 1.97 bits per heavy atom. The van der Waals surface area contributed by atoms with Gasteiger partial charge in [-0.25, -0.2) is 4.79 Å². The molecule has 2 heterocycles. The SMILES string of the molecule is CCOC(=O)N1CCC2(CC1)N=C(c1cc(Cl)ccc1O)C[C@@H](c1ccc(OC)cc1)N2. The van der Waals surface area contributed by atoms with Crippen LogP contribution >= 0.6 is 11.6 Å². The summed E-state index contributed by atoms with van der Waals surface area (Å²) in [5, 5.41) is 14.8. The maximum absolute atomic E-state index is 12.2.